The van der Waals surface area contributed by atoms with E-state index in [4.69, 9.17) is 27.7 Å². The molecule has 3 rings (SSSR count). The molecule has 1 unspecified atom stereocenters. The van der Waals surface area contributed by atoms with Crippen LogP contribution in [0.3, 0.4) is 0 Å². The average molecular weight is 327 g/mol. The smallest absolute Gasteiger partial charge is 0.258 e. The first-order valence-electron chi connectivity index (χ1n) is 6.88. The van der Waals surface area contributed by atoms with Crippen molar-refractivity contribution in [2.24, 2.45) is 0 Å². The lowest BCUT2D eigenvalue weighted by atomic mass is 10.2. The van der Waals surface area contributed by atoms with Crippen LogP contribution in [-0.2, 0) is 0 Å². The van der Waals surface area contributed by atoms with Crippen molar-refractivity contribution in [3.63, 3.8) is 0 Å². The summed E-state index contributed by atoms with van der Waals surface area (Å²) in [5, 5.41) is 8.52. The maximum Gasteiger partial charge on any atom is 0.258 e. The van der Waals surface area contributed by atoms with E-state index in [1.807, 2.05) is 0 Å². The van der Waals surface area contributed by atoms with Crippen LogP contribution >= 0.6 is 23.2 Å². The van der Waals surface area contributed by atoms with Crippen LogP contribution < -0.4 is 5.32 Å². The Morgan fingerprint density at radius 2 is 1.86 bits per heavy atom. The summed E-state index contributed by atoms with van der Waals surface area (Å²) in [6.45, 7) is 6.02. The standard InChI is InChI=1S/C14H16Cl2N4O/c1-9(20-4-2-17-3-5-20)13-18-14(21-19-13)10-6-11(15)8-12(16)7-10/h6-9,17H,2-5H2,1H3. The molecule has 1 aromatic carbocycles. The van der Waals surface area contributed by atoms with Gasteiger partial charge in [-0.3, -0.25) is 4.90 Å². The summed E-state index contributed by atoms with van der Waals surface area (Å²) < 4.78 is 5.35. The highest BCUT2D eigenvalue weighted by atomic mass is 35.5. The summed E-state index contributed by atoms with van der Waals surface area (Å²) in [5.41, 5.74) is 0.735. The molecule has 0 bridgehead atoms. The third-order valence-electron chi connectivity index (χ3n) is 3.62. The third kappa shape index (κ3) is 3.37. The molecule has 1 fully saturated rings. The molecule has 112 valence electrons. The van der Waals surface area contributed by atoms with E-state index in [1.165, 1.54) is 0 Å². The summed E-state index contributed by atoms with van der Waals surface area (Å²) in [6, 6.07) is 5.33. The molecule has 5 nitrogen and oxygen atoms in total. The Kier molecular flexibility index (Phi) is 4.45. The Bertz CT molecular complexity index is 605. The summed E-state index contributed by atoms with van der Waals surface area (Å²) in [6.07, 6.45) is 0. The lowest BCUT2D eigenvalue weighted by Crippen LogP contribution is -2.44. The highest BCUT2D eigenvalue weighted by molar-refractivity contribution is 6.35. The van der Waals surface area contributed by atoms with Crippen LogP contribution in [-0.4, -0.2) is 41.2 Å². The second-order valence-electron chi connectivity index (χ2n) is 5.08. The lowest BCUT2D eigenvalue weighted by Gasteiger charge is -2.30. The van der Waals surface area contributed by atoms with E-state index in [2.05, 4.69) is 27.3 Å². The van der Waals surface area contributed by atoms with Crippen LogP contribution in [0.4, 0.5) is 0 Å². The summed E-state index contributed by atoms with van der Waals surface area (Å²) >= 11 is 12.0. The van der Waals surface area contributed by atoms with Gasteiger partial charge in [-0.25, -0.2) is 0 Å². The van der Waals surface area contributed by atoms with Crippen molar-refractivity contribution >= 4 is 23.2 Å². The molecule has 0 aliphatic carbocycles. The van der Waals surface area contributed by atoms with Gasteiger partial charge in [0.25, 0.3) is 5.89 Å². The fraction of sp³-hybridized carbons (Fsp3) is 0.429. The molecule has 0 amide bonds. The minimum absolute atomic E-state index is 0.124. The monoisotopic (exact) mass is 326 g/mol. The molecule has 1 saturated heterocycles. The van der Waals surface area contributed by atoms with Gasteiger partial charge < -0.3 is 9.84 Å². The van der Waals surface area contributed by atoms with Crippen molar-refractivity contribution < 1.29 is 4.52 Å². The van der Waals surface area contributed by atoms with Crippen LogP contribution in [0.1, 0.15) is 18.8 Å². The number of nitrogens with zero attached hydrogens (tertiary/aromatic N) is 3. The van der Waals surface area contributed by atoms with Crippen molar-refractivity contribution in [3.8, 4) is 11.5 Å². The first kappa shape index (κ1) is 14.8. The molecule has 1 aromatic heterocycles. The number of halogens is 2. The fourth-order valence-corrected chi connectivity index (χ4v) is 2.96. The predicted molar refractivity (Wildman–Crippen MR) is 82.6 cm³/mol. The highest BCUT2D eigenvalue weighted by Gasteiger charge is 2.22. The zero-order chi connectivity index (χ0) is 14.8. The molecule has 1 aliphatic rings. The van der Waals surface area contributed by atoms with Crippen LogP contribution in [0.15, 0.2) is 22.7 Å². The lowest BCUT2D eigenvalue weighted by molar-refractivity contribution is 0.176. The van der Waals surface area contributed by atoms with Gasteiger partial charge in [0.2, 0.25) is 0 Å². The van der Waals surface area contributed by atoms with E-state index < -0.39 is 0 Å². The third-order valence-corrected chi connectivity index (χ3v) is 4.06. The molecule has 0 saturated carbocycles. The molecule has 7 heteroatoms. The Balaban J connectivity index is 1.82. The van der Waals surface area contributed by atoms with Gasteiger partial charge in [0, 0.05) is 41.8 Å². The van der Waals surface area contributed by atoms with Crippen LogP contribution in [0.5, 0.6) is 0 Å². The first-order valence-corrected chi connectivity index (χ1v) is 7.64. The van der Waals surface area contributed by atoms with E-state index in [9.17, 15) is 0 Å². The van der Waals surface area contributed by atoms with Crippen molar-refractivity contribution in [2.75, 3.05) is 26.2 Å². The fourth-order valence-electron chi connectivity index (χ4n) is 2.43. The quantitative estimate of drug-likeness (QED) is 0.939. The number of piperazine rings is 1. The normalized spacial score (nSPS) is 17.9. The molecule has 0 spiro atoms. The van der Waals surface area contributed by atoms with Crippen LogP contribution in [0.25, 0.3) is 11.5 Å². The van der Waals surface area contributed by atoms with Gasteiger partial charge in [0.1, 0.15) is 0 Å². The average Bonchev–Trinajstić information content (AvgIpc) is 2.96. The Morgan fingerprint density at radius 1 is 1.19 bits per heavy atom. The topological polar surface area (TPSA) is 54.2 Å². The van der Waals surface area contributed by atoms with Crippen molar-refractivity contribution in [2.45, 2.75) is 13.0 Å². The molecular formula is C14H16Cl2N4O. The van der Waals surface area contributed by atoms with Gasteiger partial charge in [-0.05, 0) is 25.1 Å². The SMILES string of the molecule is CC(c1noc(-c2cc(Cl)cc(Cl)c2)n1)N1CCNCC1. The van der Waals surface area contributed by atoms with E-state index >= 15 is 0 Å². The number of rotatable bonds is 3. The summed E-state index contributed by atoms with van der Waals surface area (Å²) in [5.74, 6) is 1.12. The number of hydrogen-bond donors (Lipinski definition) is 1. The van der Waals surface area contributed by atoms with E-state index in [0.717, 1.165) is 31.7 Å². The van der Waals surface area contributed by atoms with E-state index in [0.29, 0.717) is 21.8 Å². The Morgan fingerprint density at radius 3 is 2.52 bits per heavy atom. The second-order valence-corrected chi connectivity index (χ2v) is 5.95. The van der Waals surface area contributed by atoms with Crippen LogP contribution in [0.2, 0.25) is 10.0 Å². The van der Waals surface area contributed by atoms with Crippen molar-refractivity contribution in [3.05, 3.63) is 34.1 Å². The van der Waals surface area contributed by atoms with E-state index in [1.54, 1.807) is 18.2 Å². The minimum Gasteiger partial charge on any atom is -0.334 e. The zero-order valence-electron chi connectivity index (χ0n) is 11.6. The largest absolute Gasteiger partial charge is 0.334 e. The first-order chi connectivity index (χ1) is 10.1. The number of nitrogens with one attached hydrogen (secondary N) is 1. The summed E-state index contributed by atoms with van der Waals surface area (Å²) in [4.78, 5) is 6.81. The highest BCUT2D eigenvalue weighted by Crippen LogP contribution is 2.27. The minimum atomic E-state index is 0.124. The van der Waals surface area contributed by atoms with Gasteiger partial charge in [0.05, 0.1) is 6.04 Å². The number of aromatic nitrogens is 2. The van der Waals surface area contributed by atoms with Crippen molar-refractivity contribution in [1.29, 1.82) is 0 Å². The summed E-state index contributed by atoms with van der Waals surface area (Å²) in [7, 11) is 0. The molecular weight excluding hydrogens is 311 g/mol. The second kappa shape index (κ2) is 6.32. The molecule has 1 aliphatic heterocycles. The van der Waals surface area contributed by atoms with Gasteiger partial charge in [-0.2, -0.15) is 4.98 Å². The van der Waals surface area contributed by atoms with Gasteiger partial charge >= 0.3 is 0 Å². The zero-order valence-corrected chi connectivity index (χ0v) is 13.2. The van der Waals surface area contributed by atoms with Gasteiger partial charge in [-0.15, -0.1) is 0 Å². The van der Waals surface area contributed by atoms with Gasteiger partial charge in [0.15, 0.2) is 5.82 Å². The molecule has 1 N–H and O–H groups in total. The molecule has 1 atom stereocenters. The number of hydrogen-bond acceptors (Lipinski definition) is 5. The van der Waals surface area contributed by atoms with E-state index in [-0.39, 0.29) is 6.04 Å². The molecule has 2 heterocycles. The molecule has 21 heavy (non-hydrogen) atoms. The predicted octanol–water partition coefficient (Wildman–Crippen LogP) is 3.01. The molecule has 0 radical (unpaired) electrons. The molecule has 2 aromatic rings. The maximum atomic E-state index is 6.00. The number of benzene rings is 1. The van der Waals surface area contributed by atoms with Crippen LogP contribution in [0, 0.1) is 0 Å². The Hall–Kier alpha value is -1.14. The Labute approximate surface area is 133 Å². The van der Waals surface area contributed by atoms with Crippen molar-refractivity contribution in [1.82, 2.24) is 20.4 Å². The maximum absolute atomic E-state index is 6.00. The van der Waals surface area contributed by atoms with Gasteiger partial charge in [-0.1, -0.05) is 28.4 Å².